The number of allylic oxidation sites excluding steroid dienone is 1. The molecule has 0 unspecified atom stereocenters. The minimum atomic E-state index is -1.06. The third-order valence-corrected chi connectivity index (χ3v) is 4.97. The number of hydrogen-bond donors (Lipinski definition) is 3. The van der Waals surface area contributed by atoms with Crippen molar-refractivity contribution in [3.63, 3.8) is 0 Å². The monoisotopic (exact) mass is 364 g/mol. The summed E-state index contributed by atoms with van der Waals surface area (Å²) in [6.45, 7) is 2.01. The highest BCUT2D eigenvalue weighted by Crippen LogP contribution is 2.35. The summed E-state index contributed by atoms with van der Waals surface area (Å²) in [5, 5.41) is 12.2. The summed E-state index contributed by atoms with van der Waals surface area (Å²) < 4.78 is 0. The number of aliphatic carboxylic acids is 1. The molecule has 0 aliphatic heterocycles. The summed E-state index contributed by atoms with van der Waals surface area (Å²) in [4.78, 5) is 24.2. The zero-order chi connectivity index (χ0) is 19.4. The number of nitrogens with two attached hydrogens (primary N) is 1. The first-order valence-electron chi connectivity index (χ1n) is 9.05. The number of hydrogen-bond acceptors (Lipinski definition) is 3. The van der Waals surface area contributed by atoms with E-state index in [1.165, 1.54) is 5.56 Å². The van der Waals surface area contributed by atoms with Gasteiger partial charge in [0.2, 0.25) is 5.91 Å². The Bertz CT molecular complexity index is 874. The zero-order valence-corrected chi connectivity index (χ0v) is 15.3. The Balaban J connectivity index is 1.69. The Morgan fingerprint density at radius 3 is 2.44 bits per heavy atom. The van der Waals surface area contributed by atoms with Gasteiger partial charge in [0.05, 0.1) is 6.04 Å². The lowest BCUT2D eigenvalue weighted by molar-refractivity contribution is -0.141. The fourth-order valence-electron chi connectivity index (χ4n) is 3.52. The van der Waals surface area contributed by atoms with Crippen LogP contribution >= 0.6 is 0 Å². The molecule has 1 aliphatic rings. The van der Waals surface area contributed by atoms with Gasteiger partial charge in [0.25, 0.3) is 0 Å². The Kier molecular flexibility index (Phi) is 5.72. The number of carboxylic acid groups (broad SMARTS) is 1. The van der Waals surface area contributed by atoms with Crippen molar-refractivity contribution >= 4 is 17.4 Å². The molecule has 140 valence electrons. The second kappa shape index (κ2) is 8.18. The van der Waals surface area contributed by atoms with Crippen molar-refractivity contribution < 1.29 is 14.7 Å². The van der Waals surface area contributed by atoms with Gasteiger partial charge in [0, 0.05) is 6.42 Å². The summed E-state index contributed by atoms with van der Waals surface area (Å²) in [5.74, 6) is -1.50. The molecule has 3 rings (SSSR count). The van der Waals surface area contributed by atoms with Crippen molar-refractivity contribution in [2.75, 3.05) is 0 Å². The normalized spacial score (nSPS) is 15.2. The van der Waals surface area contributed by atoms with Crippen LogP contribution in [-0.4, -0.2) is 29.1 Å². The maximum absolute atomic E-state index is 12.4. The van der Waals surface area contributed by atoms with Crippen LogP contribution in [-0.2, 0) is 22.4 Å². The van der Waals surface area contributed by atoms with E-state index >= 15 is 0 Å². The molecule has 0 saturated carbocycles. The van der Waals surface area contributed by atoms with Gasteiger partial charge in [-0.3, -0.25) is 4.79 Å². The van der Waals surface area contributed by atoms with Crippen LogP contribution in [0.25, 0.3) is 5.57 Å². The molecule has 1 amide bonds. The van der Waals surface area contributed by atoms with Crippen LogP contribution in [0.1, 0.15) is 30.0 Å². The summed E-state index contributed by atoms with van der Waals surface area (Å²) in [6.07, 6.45) is 1.44. The molecule has 2 aromatic carbocycles. The molecule has 0 saturated heterocycles. The number of benzene rings is 2. The average Bonchev–Trinajstić information content (AvgIpc) is 2.97. The Morgan fingerprint density at radius 1 is 1.07 bits per heavy atom. The quantitative estimate of drug-likeness (QED) is 0.704. The van der Waals surface area contributed by atoms with Crippen molar-refractivity contribution in [2.24, 2.45) is 5.73 Å². The first-order chi connectivity index (χ1) is 13.0. The minimum absolute atomic E-state index is 0.252. The molecule has 4 N–H and O–H groups in total. The maximum Gasteiger partial charge on any atom is 0.326 e. The molecule has 0 heterocycles. The molecule has 0 spiro atoms. The highest BCUT2D eigenvalue weighted by Gasteiger charge is 2.28. The smallest absolute Gasteiger partial charge is 0.326 e. The van der Waals surface area contributed by atoms with Crippen LogP contribution in [0.5, 0.6) is 0 Å². The van der Waals surface area contributed by atoms with Gasteiger partial charge in [0.1, 0.15) is 6.04 Å². The average molecular weight is 364 g/mol. The SMILES string of the molecule is CC1=C(C[C@H](NC(=O)[C@@H](N)Cc2ccccc2)C(=O)O)c2ccccc2C1. The van der Waals surface area contributed by atoms with E-state index in [-0.39, 0.29) is 6.42 Å². The fourth-order valence-corrected chi connectivity index (χ4v) is 3.52. The molecule has 5 heteroatoms. The van der Waals surface area contributed by atoms with Gasteiger partial charge in [-0.15, -0.1) is 0 Å². The summed E-state index contributed by atoms with van der Waals surface area (Å²) in [5.41, 5.74) is 11.3. The predicted octanol–water partition coefficient (Wildman–Crippen LogP) is 2.55. The number of carboxylic acids is 1. The van der Waals surface area contributed by atoms with Gasteiger partial charge in [0.15, 0.2) is 0 Å². The molecule has 0 fully saturated rings. The largest absolute Gasteiger partial charge is 0.480 e. The van der Waals surface area contributed by atoms with Crippen molar-refractivity contribution in [3.05, 3.63) is 76.9 Å². The Labute approximate surface area is 158 Å². The predicted molar refractivity (Wildman–Crippen MR) is 105 cm³/mol. The topological polar surface area (TPSA) is 92.4 Å². The molecule has 27 heavy (non-hydrogen) atoms. The second-order valence-electron chi connectivity index (χ2n) is 6.99. The molecule has 0 radical (unpaired) electrons. The lowest BCUT2D eigenvalue weighted by Crippen LogP contribution is -2.49. The van der Waals surface area contributed by atoms with Crippen molar-refractivity contribution in [2.45, 2.75) is 38.3 Å². The highest BCUT2D eigenvalue weighted by molar-refractivity contribution is 5.89. The standard InChI is InChI=1S/C22H24N2O3/c1-14-11-16-9-5-6-10-17(16)18(14)13-20(22(26)27)24-21(25)19(23)12-15-7-3-2-4-8-15/h2-10,19-20H,11-13,23H2,1H3,(H,24,25)(H,26,27)/t19-,20-/m0/s1. The van der Waals surface area contributed by atoms with Crippen molar-refractivity contribution in [3.8, 4) is 0 Å². The highest BCUT2D eigenvalue weighted by atomic mass is 16.4. The Hall–Kier alpha value is -2.92. The third-order valence-electron chi connectivity index (χ3n) is 4.97. The van der Waals surface area contributed by atoms with E-state index in [1.807, 2.05) is 55.5 Å². The number of carbonyl (C=O) groups is 2. The summed E-state index contributed by atoms with van der Waals surface area (Å²) in [7, 11) is 0. The molecule has 0 aromatic heterocycles. The zero-order valence-electron chi connectivity index (χ0n) is 15.3. The molecular formula is C22H24N2O3. The van der Waals surface area contributed by atoms with Crippen LogP contribution in [0.3, 0.4) is 0 Å². The molecule has 5 nitrogen and oxygen atoms in total. The van der Waals surface area contributed by atoms with Crippen LogP contribution in [0.2, 0.25) is 0 Å². The van der Waals surface area contributed by atoms with Crippen LogP contribution < -0.4 is 11.1 Å². The van der Waals surface area contributed by atoms with Crippen LogP contribution in [0, 0.1) is 0 Å². The third kappa shape index (κ3) is 4.44. The van der Waals surface area contributed by atoms with Gasteiger partial charge in [-0.2, -0.15) is 0 Å². The number of carbonyl (C=O) groups excluding carboxylic acids is 1. The Morgan fingerprint density at radius 2 is 1.74 bits per heavy atom. The lowest BCUT2D eigenvalue weighted by Gasteiger charge is -2.19. The number of nitrogens with one attached hydrogen (secondary N) is 1. The molecular weight excluding hydrogens is 340 g/mol. The maximum atomic E-state index is 12.4. The van der Waals surface area contributed by atoms with Gasteiger partial charge in [-0.1, -0.05) is 60.2 Å². The van der Waals surface area contributed by atoms with Crippen molar-refractivity contribution in [1.82, 2.24) is 5.32 Å². The minimum Gasteiger partial charge on any atom is -0.480 e. The van der Waals surface area contributed by atoms with E-state index in [1.54, 1.807) is 0 Å². The number of amides is 1. The summed E-state index contributed by atoms with van der Waals surface area (Å²) in [6, 6.07) is 15.6. The molecule has 1 aliphatic carbocycles. The summed E-state index contributed by atoms with van der Waals surface area (Å²) >= 11 is 0. The molecule has 2 aromatic rings. The number of rotatable bonds is 7. The van der Waals surface area contributed by atoms with Gasteiger partial charge >= 0.3 is 5.97 Å². The molecule has 2 atom stereocenters. The molecule has 0 bridgehead atoms. The van der Waals surface area contributed by atoms with E-state index in [0.717, 1.165) is 28.7 Å². The van der Waals surface area contributed by atoms with Gasteiger partial charge in [-0.05, 0) is 42.0 Å². The van der Waals surface area contributed by atoms with Crippen molar-refractivity contribution in [1.29, 1.82) is 0 Å². The van der Waals surface area contributed by atoms with Gasteiger partial charge in [-0.25, -0.2) is 4.79 Å². The second-order valence-corrected chi connectivity index (χ2v) is 6.99. The van der Waals surface area contributed by atoms with E-state index in [0.29, 0.717) is 6.42 Å². The van der Waals surface area contributed by atoms with Crippen LogP contribution in [0.4, 0.5) is 0 Å². The number of fused-ring (bicyclic) bond motifs is 1. The lowest BCUT2D eigenvalue weighted by atomic mass is 9.98. The first kappa shape index (κ1) is 18.9. The van der Waals surface area contributed by atoms with E-state index < -0.39 is 24.0 Å². The van der Waals surface area contributed by atoms with Gasteiger partial charge < -0.3 is 16.2 Å². The van der Waals surface area contributed by atoms with E-state index in [9.17, 15) is 14.7 Å². The van der Waals surface area contributed by atoms with E-state index in [4.69, 9.17) is 5.73 Å². The van der Waals surface area contributed by atoms with E-state index in [2.05, 4.69) is 11.4 Å². The first-order valence-corrected chi connectivity index (χ1v) is 9.05. The van der Waals surface area contributed by atoms with Crippen LogP contribution in [0.15, 0.2) is 60.2 Å². The fraction of sp³-hybridized carbons (Fsp3) is 0.273.